The highest BCUT2D eigenvalue weighted by Gasteiger charge is 2.20. The lowest BCUT2D eigenvalue weighted by Gasteiger charge is -2.04. The molecule has 1 unspecified atom stereocenters. The van der Waals surface area contributed by atoms with E-state index in [2.05, 4.69) is 13.5 Å². The Morgan fingerprint density at radius 2 is 1.27 bits per heavy atom. The van der Waals surface area contributed by atoms with Crippen LogP contribution in [0.3, 0.4) is 0 Å². The van der Waals surface area contributed by atoms with Crippen molar-refractivity contribution in [1.29, 1.82) is 0 Å². The molecule has 0 aromatic heterocycles. The molecule has 0 amide bonds. The van der Waals surface area contributed by atoms with Crippen LogP contribution in [-0.2, 0) is 25.0 Å². The summed E-state index contributed by atoms with van der Waals surface area (Å²) >= 11 is 0. The number of hydrogen-bond donors (Lipinski definition) is 0. The van der Waals surface area contributed by atoms with E-state index < -0.39 is 8.25 Å². The van der Waals surface area contributed by atoms with Gasteiger partial charge in [0, 0.05) is 11.0 Å². The summed E-state index contributed by atoms with van der Waals surface area (Å²) in [6.07, 6.45) is 24.9. The van der Waals surface area contributed by atoms with Crippen molar-refractivity contribution in [3.63, 3.8) is 0 Å². The fourth-order valence-electron chi connectivity index (χ4n) is 4.18. The molecule has 1 rings (SSSR count). The molecule has 6 heteroatoms. The van der Waals surface area contributed by atoms with Crippen molar-refractivity contribution < 1.29 is 23.1 Å². The third-order valence-electron chi connectivity index (χ3n) is 6.48. The van der Waals surface area contributed by atoms with Gasteiger partial charge in [0.2, 0.25) is 0 Å². The second-order valence-corrected chi connectivity index (χ2v) is 10.9. The Balaban J connectivity index is 1.90. The second-order valence-electron chi connectivity index (χ2n) is 9.93. The summed E-state index contributed by atoms with van der Waals surface area (Å²) in [5.74, 6) is 0.243. The van der Waals surface area contributed by atoms with E-state index in [1.807, 2.05) is 0 Å². The Bertz CT molecular complexity index is 704. The molecular formula is C31H52O5P+. The van der Waals surface area contributed by atoms with Gasteiger partial charge in [0.05, 0.1) is 0 Å². The first-order chi connectivity index (χ1) is 18.2. The maximum absolute atomic E-state index is 11.9. The number of allylic oxidation sites excluding steroid dienone is 1. The van der Waals surface area contributed by atoms with E-state index in [1.165, 1.54) is 89.9 Å². The molecule has 0 saturated heterocycles. The van der Waals surface area contributed by atoms with Crippen molar-refractivity contribution in [2.75, 3.05) is 6.61 Å². The van der Waals surface area contributed by atoms with Crippen molar-refractivity contribution in [2.45, 2.75) is 136 Å². The molecule has 0 aliphatic heterocycles. The highest BCUT2D eigenvalue weighted by atomic mass is 31.1. The van der Waals surface area contributed by atoms with E-state index in [0.29, 0.717) is 18.8 Å². The molecule has 1 atom stereocenters. The van der Waals surface area contributed by atoms with Crippen LogP contribution in [0.25, 0.3) is 0 Å². The second kappa shape index (κ2) is 24.8. The van der Waals surface area contributed by atoms with Gasteiger partial charge in [0.25, 0.3) is 0 Å². The van der Waals surface area contributed by atoms with Crippen LogP contribution in [0, 0.1) is 0 Å². The molecule has 210 valence electrons. The minimum atomic E-state index is -2.12. The minimum Gasteiger partial charge on any atom is -0.427 e. The number of hydrogen-bond acceptors (Lipinski definition) is 5. The molecule has 0 aliphatic carbocycles. The average Bonchev–Trinajstić information content (AvgIpc) is 2.90. The Morgan fingerprint density at radius 1 is 0.757 bits per heavy atom. The molecule has 1 aromatic carbocycles. The summed E-state index contributed by atoms with van der Waals surface area (Å²) < 4.78 is 27.9. The zero-order chi connectivity index (χ0) is 26.8. The maximum Gasteiger partial charge on any atom is 0.697 e. The Labute approximate surface area is 227 Å². The first kappa shape index (κ1) is 33.5. The van der Waals surface area contributed by atoms with E-state index in [4.69, 9.17) is 13.8 Å². The highest BCUT2D eigenvalue weighted by molar-refractivity contribution is 7.33. The van der Waals surface area contributed by atoms with Gasteiger partial charge in [-0.15, -0.1) is 15.6 Å². The monoisotopic (exact) mass is 535 g/mol. The van der Waals surface area contributed by atoms with Crippen LogP contribution in [0.15, 0.2) is 36.9 Å². The normalized spacial score (nSPS) is 11.4. The first-order valence-corrected chi connectivity index (χ1v) is 15.9. The predicted octanol–water partition coefficient (Wildman–Crippen LogP) is 10.4. The smallest absolute Gasteiger partial charge is 0.427 e. The van der Waals surface area contributed by atoms with Gasteiger partial charge in [-0.2, -0.15) is 0 Å². The lowest BCUT2D eigenvalue weighted by molar-refractivity contribution is -0.134. The summed E-state index contributed by atoms with van der Waals surface area (Å²) in [6, 6.07) is 7.03. The largest absolute Gasteiger partial charge is 0.697 e. The molecule has 37 heavy (non-hydrogen) atoms. The van der Waals surface area contributed by atoms with Crippen LogP contribution in [0.4, 0.5) is 0 Å². The number of unbranched alkanes of at least 4 members (excludes halogenated alkanes) is 16. The van der Waals surface area contributed by atoms with Crippen molar-refractivity contribution in [1.82, 2.24) is 0 Å². The number of ether oxygens (including phenoxy) is 1. The number of esters is 1. The number of rotatable bonds is 26. The predicted molar refractivity (Wildman–Crippen MR) is 154 cm³/mol. The van der Waals surface area contributed by atoms with Crippen LogP contribution in [0.5, 0.6) is 5.75 Å². The van der Waals surface area contributed by atoms with Crippen molar-refractivity contribution in [2.24, 2.45) is 0 Å². The van der Waals surface area contributed by atoms with Crippen LogP contribution in [0.1, 0.15) is 134 Å². The van der Waals surface area contributed by atoms with E-state index in [9.17, 15) is 9.36 Å². The molecule has 0 radical (unpaired) electrons. The van der Waals surface area contributed by atoms with E-state index in [0.717, 1.165) is 31.2 Å². The van der Waals surface area contributed by atoms with Crippen molar-refractivity contribution in [3.8, 4) is 5.75 Å². The summed E-state index contributed by atoms with van der Waals surface area (Å²) in [7, 11) is -2.12. The SMILES string of the molecule is C=CCCCC(=O)Oc1ccc(CO[P+](=O)OCCCCCCCCCCCCCCCCCC)cc1. The molecule has 0 heterocycles. The molecule has 0 bridgehead atoms. The lowest BCUT2D eigenvalue weighted by atomic mass is 10.0. The molecule has 5 nitrogen and oxygen atoms in total. The third-order valence-corrected chi connectivity index (χ3v) is 7.21. The van der Waals surface area contributed by atoms with E-state index in [1.54, 1.807) is 30.3 Å². The van der Waals surface area contributed by atoms with Gasteiger partial charge in [-0.1, -0.05) is 121 Å². The number of carbonyl (C=O) groups is 1. The van der Waals surface area contributed by atoms with Gasteiger partial charge < -0.3 is 4.74 Å². The summed E-state index contributed by atoms with van der Waals surface area (Å²) in [5.41, 5.74) is 0.848. The molecule has 0 N–H and O–H groups in total. The summed E-state index contributed by atoms with van der Waals surface area (Å²) in [5, 5.41) is 0. The third kappa shape index (κ3) is 21.1. The van der Waals surface area contributed by atoms with Gasteiger partial charge in [0.1, 0.15) is 19.0 Å². The van der Waals surface area contributed by atoms with Crippen LogP contribution >= 0.6 is 8.25 Å². The van der Waals surface area contributed by atoms with E-state index in [-0.39, 0.29) is 12.6 Å². The Morgan fingerprint density at radius 3 is 1.78 bits per heavy atom. The van der Waals surface area contributed by atoms with Crippen molar-refractivity contribution >= 4 is 14.2 Å². The van der Waals surface area contributed by atoms with Gasteiger partial charge in [-0.05, 0) is 37.0 Å². The minimum absolute atomic E-state index is 0.196. The molecule has 0 spiro atoms. The van der Waals surface area contributed by atoms with E-state index >= 15 is 0 Å². The van der Waals surface area contributed by atoms with Gasteiger partial charge in [-0.3, -0.25) is 4.79 Å². The van der Waals surface area contributed by atoms with Gasteiger partial charge >= 0.3 is 14.2 Å². The van der Waals surface area contributed by atoms with Gasteiger partial charge in [-0.25, -0.2) is 0 Å². The zero-order valence-electron chi connectivity index (χ0n) is 23.4. The molecule has 0 aliphatic rings. The molecule has 0 saturated carbocycles. The molecule has 0 fully saturated rings. The average molecular weight is 536 g/mol. The summed E-state index contributed by atoms with van der Waals surface area (Å²) in [4.78, 5) is 11.7. The number of benzene rings is 1. The topological polar surface area (TPSA) is 61.8 Å². The maximum atomic E-state index is 11.9. The number of carbonyl (C=O) groups excluding carboxylic acids is 1. The quantitative estimate of drug-likeness (QED) is 0.0388. The van der Waals surface area contributed by atoms with Gasteiger partial charge in [0.15, 0.2) is 0 Å². The molecular weight excluding hydrogens is 483 g/mol. The standard InChI is InChI=1S/C31H52O5P/c1-3-5-7-8-9-10-11-12-13-14-15-16-17-18-19-21-27-34-37(33)35-28-29-23-25-30(26-24-29)36-31(32)22-20-6-4-2/h4,23-26H,2-3,5-22,27-28H2,1H3/q+1. The fraction of sp³-hybridized carbons (Fsp3) is 0.710. The van der Waals surface area contributed by atoms with Crippen molar-refractivity contribution in [3.05, 3.63) is 42.5 Å². The Kier molecular flexibility index (Phi) is 22.4. The van der Waals surface area contributed by atoms with Crippen LogP contribution in [-0.4, -0.2) is 12.6 Å². The van der Waals surface area contributed by atoms with Crippen LogP contribution in [0.2, 0.25) is 0 Å². The highest BCUT2D eigenvalue weighted by Crippen LogP contribution is 2.27. The van der Waals surface area contributed by atoms with Crippen LogP contribution < -0.4 is 4.74 Å². The lowest BCUT2D eigenvalue weighted by Crippen LogP contribution is -2.07. The molecule has 1 aromatic rings. The summed E-state index contributed by atoms with van der Waals surface area (Å²) in [6.45, 7) is 6.58. The first-order valence-electron chi connectivity index (χ1n) is 14.8. The zero-order valence-corrected chi connectivity index (χ0v) is 24.3. The Hall–Kier alpha value is -1.55. The fourth-order valence-corrected chi connectivity index (χ4v) is 4.79.